The number of fused-ring (bicyclic) bond motifs is 1. The average Bonchev–Trinajstić information content (AvgIpc) is 3.12. The van der Waals surface area contributed by atoms with Crippen LogP contribution in [0.1, 0.15) is 12.0 Å². The van der Waals surface area contributed by atoms with E-state index in [1.165, 1.54) is 15.6 Å². The van der Waals surface area contributed by atoms with Crippen LogP contribution in [0.15, 0.2) is 29.6 Å². The van der Waals surface area contributed by atoms with E-state index >= 15 is 0 Å². The van der Waals surface area contributed by atoms with E-state index < -0.39 is 9.84 Å². The van der Waals surface area contributed by atoms with Crippen molar-refractivity contribution in [1.29, 1.82) is 0 Å². The van der Waals surface area contributed by atoms with Gasteiger partial charge in [0.2, 0.25) is 0 Å². The van der Waals surface area contributed by atoms with Crippen molar-refractivity contribution in [3.05, 3.63) is 35.2 Å². The minimum atomic E-state index is -2.78. The standard InChI is InChI=1S/C17H22N2O2S2/c20-23(21)10-5-15(13-23)19-8-6-18(7-9-19)11-14-12-22-17-4-2-1-3-16(14)17/h1-4,12,15H,5-11,13H2. The second-order valence-corrected chi connectivity index (χ2v) is 9.77. The highest BCUT2D eigenvalue weighted by molar-refractivity contribution is 7.91. The van der Waals surface area contributed by atoms with Crippen molar-refractivity contribution >= 4 is 31.3 Å². The summed E-state index contributed by atoms with van der Waals surface area (Å²) in [7, 11) is -2.78. The Balaban J connectivity index is 1.37. The number of nitrogens with zero attached hydrogens (tertiary/aromatic N) is 2. The molecule has 0 radical (unpaired) electrons. The van der Waals surface area contributed by atoms with Crippen LogP contribution in [0.25, 0.3) is 10.1 Å². The molecule has 2 fully saturated rings. The van der Waals surface area contributed by atoms with Gasteiger partial charge in [0.25, 0.3) is 0 Å². The molecule has 2 aliphatic heterocycles. The largest absolute Gasteiger partial charge is 0.297 e. The SMILES string of the molecule is O=S1(=O)CCC(N2CCN(Cc3csc4ccccc34)CC2)C1. The minimum Gasteiger partial charge on any atom is -0.297 e. The summed E-state index contributed by atoms with van der Waals surface area (Å²) in [5.41, 5.74) is 1.42. The first-order chi connectivity index (χ1) is 11.1. The zero-order chi connectivity index (χ0) is 15.9. The van der Waals surface area contributed by atoms with Gasteiger partial charge < -0.3 is 0 Å². The van der Waals surface area contributed by atoms with E-state index in [2.05, 4.69) is 39.4 Å². The summed E-state index contributed by atoms with van der Waals surface area (Å²) in [5, 5.41) is 3.66. The molecule has 4 rings (SSSR count). The molecule has 0 N–H and O–H groups in total. The Labute approximate surface area is 141 Å². The van der Waals surface area contributed by atoms with Crippen LogP contribution in [0.2, 0.25) is 0 Å². The van der Waals surface area contributed by atoms with Crippen molar-refractivity contribution in [1.82, 2.24) is 9.80 Å². The minimum absolute atomic E-state index is 0.254. The summed E-state index contributed by atoms with van der Waals surface area (Å²) < 4.78 is 24.7. The Morgan fingerprint density at radius 3 is 2.65 bits per heavy atom. The Morgan fingerprint density at radius 1 is 1.13 bits per heavy atom. The van der Waals surface area contributed by atoms with E-state index in [-0.39, 0.29) is 6.04 Å². The third-order valence-corrected chi connectivity index (χ3v) is 7.85. The normalized spacial score (nSPS) is 26.0. The van der Waals surface area contributed by atoms with Gasteiger partial charge in [-0.15, -0.1) is 11.3 Å². The molecule has 2 saturated heterocycles. The first-order valence-corrected chi connectivity index (χ1v) is 10.9. The maximum Gasteiger partial charge on any atom is 0.151 e. The second kappa shape index (κ2) is 6.16. The number of thiophene rings is 1. The fraction of sp³-hybridized carbons (Fsp3) is 0.529. The van der Waals surface area contributed by atoms with Gasteiger partial charge in [-0.05, 0) is 28.8 Å². The number of rotatable bonds is 3. The van der Waals surface area contributed by atoms with Crippen LogP contribution < -0.4 is 0 Å². The van der Waals surface area contributed by atoms with Crippen LogP contribution in [0.4, 0.5) is 0 Å². The molecule has 3 heterocycles. The van der Waals surface area contributed by atoms with Gasteiger partial charge in [-0.1, -0.05) is 18.2 Å². The van der Waals surface area contributed by atoms with Crippen molar-refractivity contribution in [3.63, 3.8) is 0 Å². The molecule has 124 valence electrons. The first kappa shape index (κ1) is 15.6. The lowest BCUT2D eigenvalue weighted by Crippen LogP contribution is -2.50. The quantitative estimate of drug-likeness (QED) is 0.851. The van der Waals surface area contributed by atoms with Crippen molar-refractivity contribution in [2.45, 2.75) is 19.0 Å². The van der Waals surface area contributed by atoms with Crippen LogP contribution in [0.5, 0.6) is 0 Å². The molecule has 23 heavy (non-hydrogen) atoms. The number of benzene rings is 1. The van der Waals surface area contributed by atoms with E-state index in [1.807, 2.05) is 11.3 Å². The van der Waals surface area contributed by atoms with E-state index in [1.54, 1.807) is 0 Å². The molecule has 0 aliphatic carbocycles. The van der Waals surface area contributed by atoms with Crippen LogP contribution in [0.3, 0.4) is 0 Å². The third kappa shape index (κ3) is 3.31. The number of sulfone groups is 1. The van der Waals surface area contributed by atoms with Crippen LogP contribution in [0, 0.1) is 0 Å². The van der Waals surface area contributed by atoms with Gasteiger partial charge in [0.05, 0.1) is 11.5 Å². The van der Waals surface area contributed by atoms with Crippen LogP contribution in [-0.2, 0) is 16.4 Å². The Kier molecular flexibility index (Phi) is 4.17. The lowest BCUT2D eigenvalue weighted by atomic mass is 10.1. The molecule has 1 unspecified atom stereocenters. The maximum absolute atomic E-state index is 11.6. The molecule has 1 atom stereocenters. The van der Waals surface area contributed by atoms with E-state index in [4.69, 9.17) is 0 Å². The van der Waals surface area contributed by atoms with Gasteiger partial charge in [-0.3, -0.25) is 9.80 Å². The predicted molar refractivity (Wildman–Crippen MR) is 95.7 cm³/mol. The highest BCUT2D eigenvalue weighted by Gasteiger charge is 2.33. The fourth-order valence-electron chi connectivity index (χ4n) is 3.75. The molecule has 0 amide bonds. The lowest BCUT2D eigenvalue weighted by Gasteiger charge is -2.37. The van der Waals surface area contributed by atoms with Crippen molar-refractivity contribution in [2.24, 2.45) is 0 Å². The number of hydrogen-bond acceptors (Lipinski definition) is 5. The molecule has 6 heteroatoms. The molecular weight excluding hydrogens is 328 g/mol. The molecule has 0 saturated carbocycles. The Hall–Kier alpha value is -0.950. The van der Waals surface area contributed by atoms with Gasteiger partial charge in [0.1, 0.15) is 0 Å². The van der Waals surface area contributed by atoms with Gasteiger partial charge in [0, 0.05) is 43.5 Å². The summed E-state index contributed by atoms with van der Waals surface area (Å²) in [5.74, 6) is 0.737. The maximum atomic E-state index is 11.6. The van der Waals surface area contributed by atoms with Crippen LogP contribution >= 0.6 is 11.3 Å². The summed E-state index contributed by atoms with van der Waals surface area (Å²) in [6.07, 6.45) is 0.817. The highest BCUT2D eigenvalue weighted by atomic mass is 32.2. The second-order valence-electron chi connectivity index (χ2n) is 6.63. The van der Waals surface area contributed by atoms with Crippen molar-refractivity contribution in [3.8, 4) is 0 Å². The third-order valence-electron chi connectivity index (χ3n) is 5.09. The number of hydrogen-bond donors (Lipinski definition) is 0. The van der Waals surface area contributed by atoms with E-state index in [9.17, 15) is 8.42 Å². The Bertz CT molecular complexity index is 792. The van der Waals surface area contributed by atoms with Crippen molar-refractivity contribution < 1.29 is 8.42 Å². The predicted octanol–water partition coefficient (Wildman–Crippen LogP) is 2.21. The smallest absolute Gasteiger partial charge is 0.151 e. The lowest BCUT2D eigenvalue weighted by molar-refractivity contribution is 0.100. The average molecular weight is 351 g/mol. The molecule has 2 aromatic rings. The van der Waals surface area contributed by atoms with Gasteiger partial charge in [-0.25, -0.2) is 8.42 Å². The zero-order valence-corrected chi connectivity index (χ0v) is 14.8. The molecule has 0 bridgehead atoms. The summed E-state index contributed by atoms with van der Waals surface area (Å²) in [6, 6.07) is 8.85. The van der Waals surface area contributed by atoms with Gasteiger partial charge in [0.15, 0.2) is 9.84 Å². The van der Waals surface area contributed by atoms with Crippen LogP contribution in [-0.4, -0.2) is 61.9 Å². The summed E-state index contributed by atoms with van der Waals surface area (Å²) in [4.78, 5) is 4.88. The van der Waals surface area contributed by atoms with E-state index in [0.717, 1.165) is 39.1 Å². The zero-order valence-electron chi connectivity index (χ0n) is 13.1. The Morgan fingerprint density at radius 2 is 1.91 bits per heavy atom. The first-order valence-electron chi connectivity index (χ1n) is 8.23. The van der Waals surface area contributed by atoms with E-state index in [0.29, 0.717) is 11.5 Å². The molecular formula is C17H22N2O2S2. The molecule has 1 aromatic carbocycles. The summed E-state index contributed by atoms with van der Waals surface area (Å²) in [6.45, 7) is 5.03. The van der Waals surface area contributed by atoms with Gasteiger partial charge >= 0.3 is 0 Å². The molecule has 2 aliphatic rings. The van der Waals surface area contributed by atoms with Crippen molar-refractivity contribution in [2.75, 3.05) is 37.7 Å². The number of piperazine rings is 1. The van der Waals surface area contributed by atoms with Gasteiger partial charge in [-0.2, -0.15) is 0 Å². The monoisotopic (exact) mass is 350 g/mol. The molecule has 1 aromatic heterocycles. The fourth-order valence-corrected chi connectivity index (χ4v) is 6.46. The topological polar surface area (TPSA) is 40.6 Å². The molecule has 4 nitrogen and oxygen atoms in total. The summed E-state index contributed by atoms with van der Waals surface area (Å²) >= 11 is 1.82. The molecule has 0 spiro atoms. The highest BCUT2D eigenvalue weighted by Crippen LogP contribution is 2.27.